The maximum Gasteiger partial charge on any atom is 0.262 e. The molecule has 7 nitrogen and oxygen atoms in total. The first kappa shape index (κ1) is 22.5. The summed E-state index contributed by atoms with van der Waals surface area (Å²) >= 11 is 1.21. The van der Waals surface area contributed by atoms with Crippen LogP contribution in [0.5, 0.6) is 0 Å². The van der Waals surface area contributed by atoms with Gasteiger partial charge in [-0.25, -0.2) is 13.4 Å². The number of amides is 1. The van der Waals surface area contributed by atoms with Crippen molar-refractivity contribution in [3.63, 3.8) is 0 Å². The van der Waals surface area contributed by atoms with E-state index in [1.54, 1.807) is 23.7 Å². The summed E-state index contributed by atoms with van der Waals surface area (Å²) in [6.45, 7) is 1.94. The third-order valence-corrected chi connectivity index (χ3v) is 8.61. The van der Waals surface area contributed by atoms with Crippen molar-refractivity contribution in [1.82, 2.24) is 14.5 Å². The Morgan fingerprint density at radius 3 is 2.56 bits per heavy atom. The van der Waals surface area contributed by atoms with Gasteiger partial charge < -0.3 is 4.90 Å². The van der Waals surface area contributed by atoms with Crippen LogP contribution in [0.15, 0.2) is 64.5 Å². The number of hydrogen-bond donors (Lipinski definition) is 0. The minimum Gasteiger partial charge on any atom is -0.341 e. The van der Waals surface area contributed by atoms with Crippen LogP contribution in [0.1, 0.15) is 24.9 Å². The Morgan fingerprint density at radius 1 is 1.19 bits per heavy atom. The smallest absolute Gasteiger partial charge is 0.262 e. The molecule has 0 bridgehead atoms. The van der Waals surface area contributed by atoms with Gasteiger partial charge in [0.1, 0.15) is 0 Å². The van der Waals surface area contributed by atoms with Crippen molar-refractivity contribution >= 4 is 38.4 Å². The lowest BCUT2D eigenvalue weighted by Crippen LogP contribution is -2.39. The van der Waals surface area contributed by atoms with Crippen LogP contribution < -0.4 is 5.56 Å². The van der Waals surface area contributed by atoms with E-state index in [0.29, 0.717) is 22.5 Å². The van der Waals surface area contributed by atoms with Gasteiger partial charge >= 0.3 is 0 Å². The second kappa shape index (κ2) is 9.07. The fraction of sp³-hybridized carbons (Fsp3) is 0.348. The topological polar surface area (TPSA) is 89.3 Å². The molecule has 0 radical (unpaired) electrons. The molecule has 2 unspecified atom stereocenters. The Labute approximate surface area is 191 Å². The normalized spacial score (nSPS) is 18.5. The van der Waals surface area contributed by atoms with E-state index in [0.717, 1.165) is 5.56 Å². The number of benzene rings is 2. The number of hydrogen-bond acceptors (Lipinski definition) is 6. The first-order chi connectivity index (χ1) is 15.3. The van der Waals surface area contributed by atoms with E-state index >= 15 is 0 Å². The summed E-state index contributed by atoms with van der Waals surface area (Å²) < 4.78 is 25.2. The molecular formula is C23H25N3O4S2. The van der Waals surface area contributed by atoms with Crippen LogP contribution in [-0.4, -0.2) is 59.1 Å². The molecule has 0 N–H and O–H groups in total. The number of rotatable bonds is 6. The number of carbonyl (C=O) groups excluding carboxylic acids is 1. The Bertz CT molecular complexity index is 1310. The van der Waals surface area contributed by atoms with Crippen molar-refractivity contribution in [3.05, 3.63) is 70.5 Å². The van der Waals surface area contributed by atoms with Gasteiger partial charge in [0, 0.05) is 13.1 Å². The van der Waals surface area contributed by atoms with Gasteiger partial charge in [0.15, 0.2) is 15.0 Å². The third-order valence-electron chi connectivity index (χ3n) is 5.92. The Morgan fingerprint density at radius 2 is 1.88 bits per heavy atom. The van der Waals surface area contributed by atoms with Crippen LogP contribution in [0.25, 0.3) is 10.9 Å². The molecule has 1 saturated heterocycles. The third kappa shape index (κ3) is 4.59. The van der Waals surface area contributed by atoms with E-state index in [9.17, 15) is 18.0 Å². The van der Waals surface area contributed by atoms with Gasteiger partial charge in [-0.15, -0.1) is 0 Å². The van der Waals surface area contributed by atoms with Gasteiger partial charge in [-0.05, 0) is 31.0 Å². The summed E-state index contributed by atoms with van der Waals surface area (Å²) in [7, 11) is -1.44. The molecule has 1 aromatic heterocycles. The van der Waals surface area contributed by atoms with Gasteiger partial charge in [0.2, 0.25) is 5.91 Å². The number of fused-ring (bicyclic) bond motifs is 1. The summed E-state index contributed by atoms with van der Waals surface area (Å²) in [5.41, 5.74) is 1.39. The van der Waals surface area contributed by atoms with Crippen molar-refractivity contribution in [2.24, 2.45) is 0 Å². The first-order valence-corrected chi connectivity index (χ1v) is 13.2. The molecule has 0 spiro atoms. The van der Waals surface area contributed by atoms with Crippen molar-refractivity contribution in [2.45, 2.75) is 30.6 Å². The van der Waals surface area contributed by atoms with Gasteiger partial charge in [-0.1, -0.05) is 54.2 Å². The lowest BCUT2D eigenvalue weighted by Gasteiger charge is -2.24. The molecule has 168 valence electrons. The molecule has 2 atom stereocenters. The minimum absolute atomic E-state index is 0.00385. The van der Waals surface area contributed by atoms with Crippen LogP contribution >= 0.6 is 11.8 Å². The Hall–Kier alpha value is -2.65. The largest absolute Gasteiger partial charge is 0.341 e. The molecule has 2 heterocycles. The molecule has 1 aliphatic rings. The predicted octanol–water partition coefficient (Wildman–Crippen LogP) is 2.74. The van der Waals surface area contributed by atoms with Crippen molar-refractivity contribution in [1.29, 1.82) is 0 Å². The van der Waals surface area contributed by atoms with Gasteiger partial charge in [-0.2, -0.15) is 0 Å². The predicted molar refractivity (Wildman–Crippen MR) is 127 cm³/mol. The molecule has 3 aromatic rings. The van der Waals surface area contributed by atoms with Crippen LogP contribution in [0, 0.1) is 0 Å². The van der Waals surface area contributed by atoms with E-state index in [4.69, 9.17) is 4.98 Å². The van der Waals surface area contributed by atoms with Crippen molar-refractivity contribution in [2.75, 3.05) is 24.3 Å². The van der Waals surface area contributed by atoms with E-state index in [-0.39, 0.29) is 40.8 Å². The molecule has 1 amide bonds. The van der Waals surface area contributed by atoms with Crippen molar-refractivity contribution in [3.8, 4) is 0 Å². The molecule has 0 saturated carbocycles. The molecule has 1 aliphatic heterocycles. The molecule has 2 aromatic carbocycles. The number of sulfone groups is 1. The first-order valence-electron chi connectivity index (χ1n) is 10.4. The number of para-hydroxylation sites is 1. The van der Waals surface area contributed by atoms with Crippen molar-refractivity contribution < 1.29 is 13.2 Å². The van der Waals surface area contributed by atoms with E-state index in [1.807, 2.05) is 49.4 Å². The molecule has 0 aliphatic carbocycles. The standard InChI is InChI=1S/C23H25N3O4S2/c1-16(17-8-4-3-5-9-17)26-22(28)19-10-6-7-11-20(19)24-23(26)31-14-21(27)25(2)18-12-13-32(29,30)15-18/h3-11,16,18H,12-15H2,1-2H3. The zero-order valence-corrected chi connectivity index (χ0v) is 19.6. The van der Waals surface area contributed by atoms with E-state index in [1.165, 1.54) is 16.7 Å². The number of nitrogens with zero attached hydrogens (tertiary/aromatic N) is 3. The van der Waals surface area contributed by atoms with E-state index < -0.39 is 9.84 Å². The second-order valence-corrected chi connectivity index (χ2v) is 11.2. The Balaban J connectivity index is 1.64. The molecule has 1 fully saturated rings. The number of carbonyl (C=O) groups is 1. The minimum atomic E-state index is -3.08. The molecular weight excluding hydrogens is 446 g/mol. The highest BCUT2D eigenvalue weighted by Gasteiger charge is 2.32. The zero-order valence-electron chi connectivity index (χ0n) is 18.0. The average molecular weight is 472 g/mol. The summed E-state index contributed by atoms with van der Waals surface area (Å²) in [4.78, 5) is 32.4. The number of aromatic nitrogens is 2. The molecule has 32 heavy (non-hydrogen) atoms. The van der Waals surface area contributed by atoms with Gasteiger partial charge in [0.05, 0.1) is 34.2 Å². The fourth-order valence-electron chi connectivity index (χ4n) is 3.96. The quantitative estimate of drug-likeness (QED) is 0.406. The van der Waals surface area contributed by atoms with E-state index in [2.05, 4.69) is 0 Å². The molecule has 4 rings (SSSR count). The van der Waals surface area contributed by atoms with Crippen LogP contribution in [0.3, 0.4) is 0 Å². The summed E-state index contributed by atoms with van der Waals surface area (Å²) in [5.74, 6) is 0.00450. The number of thioether (sulfide) groups is 1. The highest BCUT2D eigenvalue weighted by molar-refractivity contribution is 7.99. The molecule has 9 heteroatoms. The van der Waals surface area contributed by atoms with Gasteiger partial charge in [0.25, 0.3) is 5.56 Å². The lowest BCUT2D eigenvalue weighted by molar-refractivity contribution is -0.128. The second-order valence-electron chi connectivity index (χ2n) is 8.02. The van der Waals surface area contributed by atoms with Crippen LogP contribution in [-0.2, 0) is 14.6 Å². The SMILES string of the molecule is CC(c1ccccc1)n1c(SCC(=O)N(C)C2CCS(=O)(=O)C2)nc2ccccc2c1=O. The maximum absolute atomic E-state index is 13.4. The summed E-state index contributed by atoms with van der Waals surface area (Å²) in [5, 5.41) is 0.991. The van der Waals surface area contributed by atoms with Crippen LogP contribution in [0.4, 0.5) is 0 Å². The lowest BCUT2D eigenvalue weighted by atomic mass is 10.1. The van der Waals surface area contributed by atoms with Gasteiger partial charge in [-0.3, -0.25) is 14.2 Å². The summed E-state index contributed by atoms with van der Waals surface area (Å²) in [6.07, 6.45) is 0.458. The monoisotopic (exact) mass is 471 g/mol. The fourth-order valence-corrected chi connectivity index (χ4v) is 6.74. The highest BCUT2D eigenvalue weighted by Crippen LogP contribution is 2.26. The average Bonchev–Trinajstić information content (AvgIpc) is 3.16. The Kier molecular flexibility index (Phi) is 6.39. The maximum atomic E-state index is 13.4. The van der Waals surface area contributed by atoms with Crippen LogP contribution in [0.2, 0.25) is 0 Å². The summed E-state index contributed by atoms with van der Waals surface area (Å²) in [6, 6.07) is 16.3. The zero-order chi connectivity index (χ0) is 22.9. The highest BCUT2D eigenvalue weighted by atomic mass is 32.2.